The molecule has 3 rings (SSSR count). The van der Waals surface area contributed by atoms with E-state index in [1.165, 1.54) is 0 Å². The summed E-state index contributed by atoms with van der Waals surface area (Å²) in [6.45, 7) is 5.32. The number of anilines is 1. The molecule has 28 heavy (non-hydrogen) atoms. The van der Waals surface area contributed by atoms with Crippen LogP contribution in [0.3, 0.4) is 0 Å². The first-order chi connectivity index (χ1) is 13.5. The molecule has 6 nitrogen and oxygen atoms in total. The van der Waals surface area contributed by atoms with Gasteiger partial charge in [0.25, 0.3) is 0 Å². The van der Waals surface area contributed by atoms with Gasteiger partial charge in [0.05, 0.1) is 38.2 Å². The van der Waals surface area contributed by atoms with Crippen molar-refractivity contribution in [1.82, 2.24) is 4.90 Å². The highest BCUT2D eigenvalue weighted by Crippen LogP contribution is 2.30. The third kappa shape index (κ3) is 4.64. The van der Waals surface area contributed by atoms with Crippen molar-refractivity contribution in [3.8, 4) is 11.5 Å². The predicted molar refractivity (Wildman–Crippen MR) is 109 cm³/mol. The number of ether oxygens (including phenoxy) is 3. The van der Waals surface area contributed by atoms with Gasteiger partial charge in [0.1, 0.15) is 11.5 Å². The Bertz CT molecular complexity index is 796. The van der Waals surface area contributed by atoms with E-state index in [-0.39, 0.29) is 24.2 Å². The molecule has 0 bridgehead atoms. The second kappa shape index (κ2) is 9.08. The number of nitrogens with zero attached hydrogens (tertiary/aromatic N) is 1. The van der Waals surface area contributed by atoms with E-state index in [1.807, 2.05) is 32.0 Å². The number of carbonyl (C=O) groups excluding carboxylic acids is 1. The normalized spacial score (nSPS) is 21.0. The van der Waals surface area contributed by atoms with Crippen LogP contribution in [0.2, 0.25) is 0 Å². The number of nitrogens with one attached hydrogen (secondary N) is 1. The minimum Gasteiger partial charge on any atom is -0.497 e. The fourth-order valence-corrected chi connectivity index (χ4v) is 3.47. The van der Waals surface area contributed by atoms with Gasteiger partial charge in [-0.3, -0.25) is 9.69 Å². The third-order valence-corrected chi connectivity index (χ3v) is 5.05. The largest absolute Gasteiger partial charge is 0.497 e. The van der Waals surface area contributed by atoms with Crippen molar-refractivity contribution in [2.24, 2.45) is 0 Å². The predicted octanol–water partition coefficient (Wildman–Crippen LogP) is 3.49. The summed E-state index contributed by atoms with van der Waals surface area (Å²) in [6, 6.07) is 15.2. The topological polar surface area (TPSA) is 60.0 Å². The van der Waals surface area contributed by atoms with E-state index in [4.69, 9.17) is 14.2 Å². The molecule has 1 N–H and O–H groups in total. The lowest BCUT2D eigenvalue weighted by Crippen LogP contribution is -2.51. The molecule has 2 aromatic carbocycles. The summed E-state index contributed by atoms with van der Waals surface area (Å²) < 4.78 is 16.7. The molecule has 0 saturated carbocycles. The summed E-state index contributed by atoms with van der Waals surface area (Å²) in [5, 5.41) is 2.98. The SMILES string of the molecule is COc1ccc(OC)c(NC(=O)C(C)N2CC(C)OC(c3ccccc3)C2)c1. The molecule has 150 valence electrons. The van der Waals surface area contributed by atoms with E-state index in [1.54, 1.807) is 32.4 Å². The van der Waals surface area contributed by atoms with Crippen LogP contribution in [0, 0.1) is 0 Å². The first-order valence-electron chi connectivity index (χ1n) is 9.49. The van der Waals surface area contributed by atoms with Crippen molar-refractivity contribution in [1.29, 1.82) is 0 Å². The first kappa shape index (κ1) is 20.2. The zero-order chi connectivity index (χ0) is 20.1. The third-order valence-electron chi connectivity index (χ3n) is 5.05. The number of benzene rings is 2. The number of rotatable bonds is 6. The van der Waals surface area contributed by atoms with E-state index in [0.717, 1.165) is 5.56 Å². The molecule has 3 atom stereocenters. The Morgan fingerprint density at radius 3 is 2.57 bits per heavy atom. The van der Waals surface area contributed by atoms with Crippen LogP contribution in [0.15, 0.2) is 48.5 Å². The molecule has 3 unspecified atom stereocenters. The lowest BCUT2D eigenvalue weighted by Gasteiger charge is -2.39. The number of amides is 1. The maximum atomic E-state index is 12.9. The number of carbonyl (C=O) groups is 1. The lowest BCUT2D eigenvalue weighted by molar-refractivity contribution is -0.128. The number of methoxy groups -OCH3 is 2. The summed E-state index contributed by atoms with van der Waals surface area (Å²) >= 11 is 0. The van der Waals surface area contributed by atoms with Gasteiger partial charge >= 0.3 is 0 Å². The standard InChI is InChI=1S/C22H28N2O4/c1-15-13-24(14-21(28-15)17-8-6-5-7-9-17)16(2)22(25)23-19-12-18(26-3)10-11-20(19)27-4/h5-12,15-16,21H,13-14H2,1-4H3,(H,23,25). The fourth-order valence-electron chi connectivity index (χ4n) is 3.47. The average molecular weight is 384 g/mol. The molecule has 0 spiro atoms. The number of hydrogen-bond acceptors (Lipinski definition) is 5. The number of morpholine rings is 1. The molecule has 2 aromatic rings. The van der Waals surface area contributed by atoms with Crippen molar-refractivity contribution in [2.45, 2.75) is 32.1 Å². The van der Waals surface area contributed by atoms with Crippen LogP contribution in [-0.4, -0.2) is 50.3 Å². The van der Waals surface area contributed by atoms with Gasteiger partial charge in [-0.2, -0.15) is 0 Å². The van der Waals surface area contributed by atoms with Crippen molar-refractivity contribution in [3.63, 3.8) is 0 Å². The van der Waals surface area contributed by atoms with Gasteiger partial charge in [0.15, 0.2) is 0 Å². The van der Waals surface area contributed by atoms with Gasteiger partial charge in [-0.15, -0.1) is 0 Å². The van der Waals surface area contributed by atoms with E-state index >= 15 is 0 Å². The molecule has 1 aliphatic rings. The molecule has 1 saturated heterocycles. The van der Waals surface area contributed by atoms with Gasteiger partial charge < -0.3 is 19.5 Å². The van der Waals surface area contributed by atoms with E-state index in [0.29, 0.717) is 30.3 Å². The highest BCUT2D eigenvalue weighted by molar-refractivity contribution is 5.96. The Labute approximate surface area is 166 Å². The Morgan fingerprint density at radius 2 is 1.89 bits per heavy atom. The first-order valence-corrected chi connectivity index (χ1v) is 9.49. The average Bonchev–Trinajstić information content (AvgIpc) is 2.73. The summed E-state index contributed by atoms with van der Waals surface area (Å²) in [5.41, 5.74) is 1.72. The van der Waals surface area contributed by atoms with Crippen LogP contribution >= 0.6 is 0 Å². The fraction of sp³-hybridized carbons (Fsp3) is 0.409. The molecule has 0 radical (unpaired) electrons. The van der Waals surface area contributed by atoms with Gasteiger partial charge in [0, 0.05) is 19.2 Å². The Hall–Kier alpha value is -2.57. The Morgan fingerprint density at radius 1 is 1.14 bits per heavy atom. The molecule has 1 amide bonds. The second-order valence-corrected chi connectivity index (χ2v) is 7.03. The van der Waals surface area contributed by atoms with Crippen molar-refractivity contribution < 1.29 is 19.0 Å². The Kier molecular flexibility index (Phi) is 6.54. The molecule has 0 aliphatic carbocycles. The minimum atomic E-state index is -0.312. The molecule has 6 heteroatoms. The van der Waals surface area contributed by atoms with Crippen LogP contribution < -0.4 is 14.8 Å². The molecule has 1 heterocycles. The molecular weight excluding hydrogens is 356 g/mol. The van der Waals surface area contributed by atoms with E-state index in [9.17, 15) is 4.79 Å². The van der Waals surface area contributed by atoms with Crippen molar-refractivity contribution >= 4 is 11.6 Å². The van der Waals surface area contributed by atoms with Crippen LogP contribution in [0.25, 0.3) is 0 Å². The maximum Gasteiger partial charge on any atom is 0.241 e. The van der Waals surface area contributed by atoms with E-state index in [2.05, 4.69) is 22.3 Å². The molecular formula is C22H28N2O4. The van der Waals surface area contributed by atoms with Crippen LogP contribution in [0.1, 0.15) is 25.5 Å². The Balaban J connectivity index is 1.72. The molecule has 0 aromatic heterocycles. The summed E-state index contributed by atoms with van der Waals surface area (Å²) in [5.74, 6) is 1.17. The van der Waals surface area contributed by atoms with Crippen LogP contribution in [-0.2, 0) is 9.53 Å². The van der Waals surface area contributed by atoms with Gasteiger partial charge in [0.2, 0.25) is 5.91 Å². The smallest absolute Gasteiger partial charge is 0.241 e. The van der Waals surface area contributed by atoms with Crippen molar-refractivity contribution in [2.75, 3.05) is 32.6 Å². The summed E-state index contributed by atoms with van der Waals surface area (Å²) in [4.78, 5) is 15.1. The summed E-state index contributed by atoms with van der Waals surface area (Å²) in [6.07, 6.45) is -0.00730. The highest BCUT2D eigenvalue weighted by atomic mass is 16.5. The lowest BCUT2D eigenvalue weighted by atomic mass is 10.1. The van der Waals surface area contributed by atoms with Crippen LogP contribution in [0.4, 0.5) is 5.69 Å². The van der Waals surface area contributed by atoms with Crippen LogP contribution in [0.5, 0.6) is 11.5 Å². The zero-order valence-corrected chi connectivity index (χ0v) is 16.8. The molecule has 1 aliphatic heterocycles. The second-order valence-electron chi connectivity index (χ2n) is 7.03. The quantitative estimate of drug-likeness (QED) is 0.826. The van der Waals surface area contributed by atoms with Gasteiger partial charge in [-0.25, -0.2) is 0 Å². The van der Waals surface area contributed by atoms with E-state index < -0.39 is 0 Å². The van der Waals surface area contributed by atoms with Gasteiger partial charge in [-0.1, -0.05) is 30.3 Å². The molecule has 1 fully saturated rings. The minimum absolute atomic E-state index is 0.0422. The van der Waals surface area contributed by atoms with Gasteiger partial charge in [-0.05, 0) is 31.5 Å². The van der Waals surface area contributed by atoms with Crippen molar-refractivity contribution in [3.05, 3.63) is 54.1 Å². The maximum absolute atomic E-state index is 12.9. The highest BCUT2D eigenvalue weighted by Gasteiger charge is 2.32. The number of hydrogen-bond donors (Lipinski definition) is 1. The zero-order valence-electron chi connectivity index (χ0n) is 16.8. The monoisotopic (exact) mass is 384 g/mol. The summed E-state index contributed by atoms with van der Waals surface area (Å²) in [7, 11) is 3.17.